The minimum Gasteiger partial charge on any atom is -0.404 e. The van der Waals surface area contributed by atoms with Crippen molar-refractivity contribution < 1.29 is 13.5 Å². The Labute approximate surface area is 201 Å². The third-order valence-electron chi connectivity index (χ3n) is 6.75. The average molecular weight is 480 g/mol. The van der Waals surface area contributed by atoms with E-state index in [4.69, 9.17) is 15.5 Å². The summed E-state index contributed by atoms with van der Waals surface area (Å²) in [5.41, 5.74) is 8.04. The van der Waals surface area contributed by atoms with Crippen molar-refractivity contribution >= 4 is 17.2 Å². The lowest BCUT2D eigenvalue weighted by atomic mass is 9.88. The minimum absolute atomic E-state index is 0.0595. The Kier molecular flexibility index (Phi) is 6.19. The number of rotatable bonds is 5. The SMILES string of the molecule is Cc1nc2c(-c3ccc(F)cc3F)cc(C3CCOC(/C(C=NC4CC4)=C/N)C3)nc2c(=O)n1C. The zero-order valence-corrected chi connectivity index (χ0v) is 19.7. The average Bonchev–Trinajstić information content (AvgIpc) is 3.68. The normalized spacial score (nSPS) is 21.2. The van der Waals surface area contributed by atoms with Gasteiger partial charge in [-0.25, -0.2) is 18.7 Å². The van der Waals surface area contributed by atoms with E-state index < -0.39 is 11.6 Å². The number of hydrogen-bond donors (Lipinski definition) is 1. The maximum Gasteiger partial charge on any atom is 0.279 e. The second-order valence-corrected chi connectivity index (χ2v) is 9.20. The Hall–Kier alpha value is -3.46. The standard InChI is InChI=1S/C26H27F2N5O2/c1-14-31-24-20(19-6-3-17(27)10-21(19)28)11-22(32-25(24)26(34)33(14)2)15-7-8-35-23(9-15)16(12-29)13-30-18-4-5-18/h3,6,10-13,15,18,23H,4-5,7-9,29H2,1-2H3/b16-12+,30-13?. The molecule has 2 N–H and O–H groups in total. The summed E-state index contributed by atoms with van der Waals surface area (Å²) < 4.78 is 35.9. The smallest absolute Gasteiger partial charge is 0.279 e. The van der Waals surface area contributed by atoms with Gasteiger partial charge >= 0.3 is 0 Å². The van der Waals surface area contributed by atoms with E-state index in [1.807, 2.05) is 0 Å². The van der Waals surface area contributed by atoms with Gasteiger partial charge in [-0.2, -0.15) is 0 Å². The van der Waals surface area contributed by atoms with E-state index >= 15 is 0 Å². The van der Waals surface area contributed by atoms with Crippen LogP contribution < -0.4 is 11.3 Å². The number of aryl methyl sites for hydroxylation is 1. The molecule has 0 bridgehead atoms. The van der Waals surface area contributed by atoms with Crippen LogP contribution in [0.3, 0.4) is 0 Å². The Balaban J connectivity index is 1.60. The maximum absolute atomic E-state index is 14.9. The molecule has 1 aliphatic carbocycles. The number of pyridine rings is 1. The lowest BCUT2D eigenvalue weighted by Crippen LogP contribution is -2.28. The van der Waals surface area contributed by atoms with Crippen LogP contribution in [0.2, 0.25) is 0 Å². The second-order valence-electron chi connectivity index (χ2n) is 9.20. The first-order valence-corrected chi connectivity index (χ1v) is 11.8. The van der Waals surface area contributed by atoms with Gasteiger partial charge in [-0.15, -0.1) is 0 Å². The van der Waals surface area contributed by atoms with Gasteiger partial charge in [0.25, 0.3) is 5.56 Å². The molecule has 2 aliphatic rings. The summed E-state index contributed by atoms with van der Waals surface area (Å²) in [6, 6.07) is 5.53. The lowest BCUT2D eigenvalue weighted by molar-refractivity contribution is 0.0321. The summed E-state index contributed by atoms with van der Waals surface area (Å²) in [5, 5.41) is 0. The maximum atomic E-state index is 14.9. The fourth-order valence-electron chi connectivity index (χ4n) is 4.43. The molecule has 0 amide bonds. The first kappa shape index (κ1) is 23.3. The van der Waals surface area contributed by atoms with Gasteiger partial charge in [-0.05, 0) is 50.8 Å². The Bertz CT molecular complexity index is 1410. The van der Waals surface area contributed by atoms with Gasteiger partial charge < -0.3 is 10.5 Å². The summed E-state index contributed by atoms with van der Waals surface area (Å²) in [6.45, 7) is 2.18. The van der Waals surface area contributed by atoms with Crippen LogP contribution in [0.5, 0.6) is 0 Å². The van der Waals surface area contributed by atoms with Crippen LogP contribution in [-0.2, 0) is 11.8 Å². The zero-order valence-electron chi connectivity index (χ0n) is 19.7. The predicted molar refractivity (Wildman–Crippen MR) is 130 cm³/mol. The molecule has 2 unspecified atom stereocenters. The molecule has 0 radical (unpaired) electrons. The van der Waals surface area contributed by atoms with Crippen LogP contribution in [0.15, 0.2) is 45.8 Å². The largest absolute Gasteiger partial charge is 0.404 e. The minimum atomic E-state index is -0.724. The number of ether oxygens (including phenoxy) is 1. The molecule has 2 fully saturated rings. The first-order valence-electron chi connectivity index (χ1n) is 11.8. The fraction of sp³-hybridized carbons (Fsp3) is 0.385. The molecule has 3 heterocycles. The molecule has 1 saturated heterocycles. The zero-order chi connectivity index (χ0) is 24.7. The molecule has 35 heavy (non-hydrogen) atoms. The summed E-state index contributed by atoms with van der Waals surface area (Å²) in [6.07, 6.45) is 6.50. The number of nitrogens with two attached hydrogens (primary N) is 1. The number of hydrogen-bond acceptors (Lipinski definition) is 6. The van der Waals surface area contributed by atoms with E-state index in [2.05, 4.69) is 9.98 Å². The molecule has 0 spiro atoms. The van der Waals surface area contributed by atoms with Crippen molar-refractivity contribution in [3.63, 3.8) is 0 Å². The molecular weight excluding hydrogens is 452 g/mol. The molecule has 7 nitrogen and oxygen atoms in total. The van der Waals surface area contributed by atoms with E-state index in [9.17, 15) is 13.6 Å². The molecule has 5 rings (SSSR count). The Morgan fingerprint density at radius 3 is 2.69 bits per heavy atom. The molecule has 1 aliphatic heterocycles. The lowest BCUT2D eigenvalue weighted by Gasteiger charge is -2.30. The highest BCUT2D eigenvalue weighted by Gasteiger charge is 2.29. The van der Waals surface area contributed by atoms with E-state index in [1.54, 1.807) is 26.3 Å². The van der Waals surface area contributed by atoms with Gasteiger partial charge in [-0.3, -0.25) is 14.4 Å². The van der Waals surface area contributed by atoms with Crippen molar-refractivity contribution in [2.75, 3.05) is 6.61 Å². The number of benzene rings is 1. The van der Waals surface area contributed by atoms with Gasteiger partial charge in [0.05, 0.1) is 12.1 Å². The van der Waals surface area contributed by atoms with Crippen molar-refractivity contribution in [1.82, 2.24) is 14.5 Å². The molecule has 9 heteroatoms. The highest BCUT2D eigenvalue weighted by atomic mass is 19.1. The third-order valence-corrected chi connectivity index (χ3v) is 6.75. The Morgan fingerprint density at radius 2 is 1.97 bits per heavy atom. The molecule has 1 aromatic carbocycles. The molecule has 182 valence electrons. The van der Waals surface area contributed by atoms with Crippen molar-refractivity contribution in [2.45, 2.75) is 50.7 Å². The van der Waals surface area contributed by atoms with Gasteiger partial charge in [0.15, 0.2) is 5.52 Å². The van der Waals surface area contributed by atoms with Gasteiger partial charge in [0.2, 0.25) is 0 Å². The number of nitrogens with zero attached hydrogens (tertiary/aromatic N) is 4. The van der Waals surface area contributed by atoms with Crippen LogP contribution >= 0.6 is 0 Å². The number of halogens is 2. The monoisotopic (exact) mass is 479 g/mol. The molecule has 2 atom stereocenters. The van der Waals surface area contributed by atoms with Crippen LogP contribution in [0.4, 0.5) is 8.78 Å². The topological polar surface area (TPSA) is 95.4 Å². The number of fused-ring (bicyclic) bond motifs is 1. The summed E-state index contributed by atoms with van der Waals surface area (Å²) >= 11 is 0. The highest BCUT2D eigenvalue weighted by molar-refractivity contribution is 5.91. The van der Waals surface area contributed by atoms with E-state index in [1.165, 1.54) is 22.9 Å². The predicted octanol–water partition coefficient (Wildman–Crippen LogP) is 3.92. The van der Waals surface area contributed by atoms with Crippen molar-refractivity contribution in [1.29, 1.82) is 0 Å². The van der Waals surface area contributed by atoms with Gasteiger partial charge in [0.1, 0.15) is 23.0 Å². The van der Waals surface area contributed by atoms with Gasteiger partial charge in [-0.1, -0.05) is 0 Å². The summed E-state index contributed by atoms with van der Waals surface area (Å²) in [5.74, 6) is -0.987. The van der Waals surface area contributed by atoms with Crippen molar-refractivity contribution in [3.8, 4) is 11.1 Å². The van der Waals surface area contributed by atoms with Crippen LogP contribution in [0, 0.1) is 18.6 Å². The van der Waals surface area contributed by atoms with Crippen LogP contribution in [0.25, 0.3) is 22.2 Å². The third kappa shape index (κ3) is 4.60. The highest BCUT2D eigenvalue weighted by Crippen LogP contribution is 2.36. The second kappa shape index (κ2) is 9.30. The molecule has 2 aromatic heterocycles. The molecule has 1 saturated carbocycles. The van der Waals surface area contributed by atoms with E-state index in [-0.39, 0.29) is 28.7 Å². The van der Waals surface area contributed by atoms with E-state index in [0.29, 0.717) is 48.1 Å². The molecular formula is C26H27F2N5O2. The van der Waals surface area contributed by atoms with Crippen LogP contribution in [-0.4, -0.2) is 39.5 Å². The van der Waals surface area contributed by atoms with E-state index in [0.717, 1.165) is 24.5 Å². The first-order chi connectivity index (χ1) is 16.9. The van der Waals surface area contributed by atoms with Crippen LogP contribution in [0.1, 0.15) is 43.1 Å². The summed E-state index contributed by atoms with van der Waals surface area (Å²) in [7, 11) is 1.62. The molecule has 3 aromatic rings. The van der Waals surface area contributed by atoms with Gasteiger partial charge in [0, 0.05) is 60.4 Å². The summed E-state index contributed by atoms with van der Waals surface area (Å²) in [4.78, 5) is 26.9. The quantitative estimate of drug-likeness (QED) is 0.560. The van der Waals surface area contributed by atoms with Crippen molar-refractivity contribution in [3.05, 3.63) is 69.5 Å². The number of aliphatic imine (C=N–C) groups is 1. The van der Waals surface area contributed by atoms with Crippen molar-refractivity contribution in [2.24, 2.45) is 17.8 Å². The Morgan fingerprint density at radius 1 is 1.17 bits per heavy atom. The number of aromatic nitrogens is 3. The fourth-order valence-corrected chi connectivity index (χ4v) is 4.43.